The summed E-state index contributed by atoms with van der Waals surface area (Å²) in [6, 6.07) is 0. The van der Waals surface area contributed by atoms with Crippen molar-refractivity contribution in [3.05, 3.63) is 0 Å². The first kappa shape index (κ1) is 50.2. The monoisotopic (exact) mass is 774 g/mol. The Hall–Kier alpha value is -2.83. The van der Waals surface area contributed by atoms with Crippen molar-refractivity contribution in [3.63, 3.8) is 0 Å². The molecule has 0 spiro atoms. The van der Waals surface area contributed by atoms with E-state index in [2.05, 4.69) is 0 Å². The Morgan fingerprint density at radius 3 is 1.21 bits per heavy atom. The summed E-state index contributed by atoms with van der Waals surface area (Å²) < 4.78 is 34.2. The predicted octanol–water partition coefficient (Wildman–Crippen LogP) is 7.51. The SMILES string of the molecule is CCC(C)(C)C(=O)OCC(COC(=O)C(C)(C)CC)(COC(=O)C(C)(C)CSCC(=O)OC(C)(C)C)COC(=O)C(C)(C)C(C)CC(=O)OC(C)(C)C. The van der Waals surface area contributed by atoms with Gasteiger partial charge in [-0.3, -0.25) is 28.8 Å². The second kappa shape index (κ2) is 19.7. The van der Waals surface area contributed by atoms with E-state index in [1.165, 1.54) is 11.8 Å². The Morgan fingerprint density at radius 1 is 0.509 bits per heavy atom. The maximum Gasteiger partial charge on any atom is 0.316 e. The molecule has 0 fully saturated rings. The first-order valence-electron chi connectivity index (χ1n) is 18.5. The molecule has 0 N–H and O–H groups in total. The molecule has 0 aliphatic heterocycles. The summed E-state index contributed by atoms with van der Waals surface area (Å²) in [5.74, 6) is -3.49. The molecule has 0 rings (SSSR count). The number of carbonyl (C=O) groups excluding carboxylic acids is 6. The van der Waals surface area contributed by atoms with E-state index < -0.39 is 106 Å². The number of ether oxygens (including phenoxy) is 6. The van der Waals surface area contributed by atoms with Crippen molar-refractivity contribution in [1.29, 1.82) is 0 Å². The van der Waals surface area contributed by atoms with E-state index in [-0.39, 0.29) is 17.9 Å². The smallest absolute Gasteiger partial charge is 0.316 e. The first-order valence-corrected chi connectivity index (χ1v) is 19.6. The lowest BCUT2D eigenvalue weighted by Gasteiger charge is -2.36. The molecule has 0 heterocycles. The van der Waals surface area contributed by atoms with Crippen LogP contribution in [0.3, 0.4) is 0 Å². The van der Waals surface area contributed by atoms with Gasteiger partial charge in [0.05, 0.1) is 27.4 Å². The summed E-state index contributed by atoms with van der Waals surface area (Å²) in [7, 11) is 0. The van der Waals surface area contributed by atoms with Gasteiger partial charge in [-0.2, -0.15) is 0 Å². The van der Waals surface area contributed by atoms with Crippen molar-refractivity contribution in [2.45, 2.75) is 148 Å². The van der Waals surface area contributed by atoms with E-state index >= 15 is 0 Å². The zero-order chi connectivity index (χ0) is 41.9. The van der Waals surface area contributed by atoms with Gasteiger partial charge < -0.3 is 28.4 Å². The van der Waals surface area contributed by atoms with Gasteiger partial charge in [0.25, 0.3) is 0 Å². The van der Waals surface area contributed by atoms with Crippen molar-refractivity contribution < 1.29 is 57.2 Å². The molecule has 1 unspecified atom stereocenters. The molecule has 0 aliphatic carbocycles. The van der Waals surface area contributed by atoms with Crippen LogP contribution >= 0.6 is 11.8 Å². The van der Waals surface area contributed by atoms with E-state index in [9.17, 15) is 28.8 Å². The Morgan fingerprint density at radius 2 is 0.849 bits per heavy atom. The summed E-state index contributed by atoms with van der Waals surface area (Å²) in [5.41, 5.74) is -6.80. The third kappa shape index (κ3) is 17.9. The fourth-order valence-electron chi connectivity index (χ4n) is 4.09. The molecule has 0 bridgehead atoms. The van der Waals surface area contributed by atoms with E-state index in [1.54, 1.807) is 104 Å². The van der Waals surface area contributed by atoms with E-state index in [0.717, 1.165) is 0 Å². The Kier molecular flexibility index (Phi) is 18.6. The minimum atomic E-state index is -1.51. The van der Waals surface area contributed by atoms with Crippen LogP contribution in [0.4, 0.5) is 0 Å². The fraction of sp³-hybridized carbons (Fsp3) is 0.850. The third-order valence-electron chi connectivity index (χ3n) is 9.22. The van der Waals surface area contributed by atoms with E-state index in [4.69, 9.17) is 28.4 Å². The van der Waals surface area contributed by atoms with Crippen LogP contribution < -0.4 is 0 Å². The Labute approximate surface area is 323 Å². The minimum Gasteiger partial charge on any atom is -0.464 e. The van der Waals surface area contributed by atoms with Crippen LogP contribution in [0.5, 0.6) is 0 Å². The highest BCUT2D eigenvalue weighted by atomic mass is 32.2. The normalized spacial score (nSPS) is 13.8. The lowest BCUT2D eigenvalue weighted by atomic mass is 9.78. The van der Waals surface area contributed by atoms with Gasteiger partial charge in [0, 0.05) is 12.2 Å². The Balaban J connectivity index is 6.52. The molecular weight excluding hydrogens is 704 g/mol. The topological polar surface area (TPSA) is 158 Å². The van der Waals surface area contributed by atoms with Gasteiger partial charge in [-0.05, 0) is 116 Å². The largest absolute Gasteiger partial charge is 0.464 e. The number of hydrogen-bond acceptors (Lipinski definition) is 13. The number of rotatable bonds is 21. The highest BCUT2D eigenvalue weighted by molar-refractivity contribution is 8.00. The van der Waals surface area contributed by atoms with Crippen LogP contribution in [0.15, 0.2) is 0 Å². The molecular formula is C40H70O12S. The number of carbonyl (C=O) groups is 6. The van der Waals surface area contributed by atoms with Crippen LogP contribution in [0.1, 0.15) is 137 Å². The molecule has 0 aromatic heterocycles. The standard InChI is InChI=1S/C40H70O12S/c1-18-36(10,11)30(43)47-22-40(23-48-31(44)37(12,13)19-2,24-49-32(45)38(14,15)26-53-21-29(42)52-35(7,8)9)25-50-33(46)39(16,17)27(3)20-28(41)51-34(4,5)6/h27H,18-26H2,1-17H3. The van der Waals surface area contributed by atoms with E-state index in [1.807, 2.05) is 13.8 Å². The fourth-order valence-corrected chi connectivity index (χ4v) is 5.05. The quantitative estimate of drug-likeness (QED) is 0.0834. The number of esters is 6. The van der Waals surface area contributed by atoms with Crippen molar-refractivity contribution in [3.8, 4) is 0 Å². The molecule has 1 atom stereocenters. The Bertz CT molecular complexity index is 1240. The first-order chi connectivity index (χ1) is 23.8. The van der Waals surface area contributed by atoms with Crippen LogP contribution in [-0.4, -0.2) is 85.0 Å². The highest BCUT2D eigenvalue weighted by Gasteiger charge is 2.44. The third-order valence-corrected chi connectivity index (χ3v) is 10.6. The van der Waals surface area contributed by atoms with Gasteiger partial charge in [-0.1, -0.05) is 20.8 Å². The predicted molar refractivity (Wildman–Crippen MR) is 205 cm³/mol. The molecule has 12 nitrogen and oxygen atoms in total. The van der Waals surface area contributed by atoms with Crippen molar-refractivity contribution in [2.75, 3.05) is 37.9 Å². The summed E-state index contributed by atoms with van der Waals surface area (Å²) in [6.07, 6.45) is 0.902. The summed E-state index contributed by atoms with van der Waals surface area (Å²) in [4.78, 5) is 78.6. The molecule has 0 amide bonds. The number of thioether (sulfide) groups is 1. The van der Waals surface area contributed by atoms with Gasteiger partial charge in [0.1, 0.15) is 43.0 Å². The van der Waals surface area contributed by atoms with Crippen molar-refractivity contribution >= 4 is 47.6 Å². The van der Waals surface area contributed by atoms with E-state index in [0.29, 0.717) is 12.8 Å². The molecule has 0 aromatic carbocycles. The van der Waals surface area contributed by atoms with Gasteiger partial charge in [0.2, 0.25) is 0 Å². The van der Waals surface area contributed by atoms with Crippen LogP contribution in [0, 0.1) is 33.0 Å². The van der Waals surface area contributed by atoms with Crippen LogP contribution in [-0.2, 0) is 57.2 Å². The van der Waals surface area contributed by atoms with Crippen molar-refractivity contribution in [1.82, 2.24) is 0 Å². The minimum absolute atomic E-state index is 0.0301. The average Bonchev–Trinajstić information content (AvgIpc) is 3.01. The van der Waals surface area contributed by atoms with Gasteiger partial charge >= 0.3 is 35.8 Å². The maximum absolute atomic E-state index is 13.7. The molecule has 308 valence electrons. The zero-order valence-electron chi connectivity index (χ0n) is 35.7. The average molecular weight is 775 g/mol. The number of hydrogen-bond donors (Lipinski definition) is 0. The van der Waals surface area contributed by atoms with Crippen LogP contribution in [0.2, 0.25) is 0 Å². The molecule has 0 radical (unpaired) electrons. The lowest BCUT2D eigenvalue weighted by molar-refractivity contribution is -0.182. The maximum atomic E-state index is 13.7. The van der Waals surface area contributed by atoms with Crippen LogP contribution in [0.25, 0.3) is 0 Å². The zero-order valence-corrected chi connectivity index (χ0v) is 36.6. The summed E-state index contributed by atoms with van der Waals surface area (Å²) in [6.45, 7) is 27.9. The highest BCUT2D eigenvalue weighted by Crippen LogP contribution is 2.34. The molecule has 0 saturated carbocycles. The van der Waals surface area contributed by atoms with Gasteiger partial charge in [0.15, 0.2) is 0 Å². The molecule has 0 aliphatic rings. The van der Waals surface area contributed by atoms with Gasteiger partial charge in [-0.25, -0.2) is 0 Å². The molecule has 0 saturated heterocycles. The second-order valence-corrected chi connectivity index (χ2v) is 19.6. The summed E-state index contributed by atoms with van der Waals surface area (Å²) >= 11 is 1.22. The molecule has 0 aromatic rings. The molecule has 53 heavy (non-hydrogen) atoms. The second-order valence-electron chi connectivity index (χ2n) is 18.7. The van der Waals surface area contributed by atoms with Crippen molar-refractivity contribution in [2.24, 2.45) is 33.0 Å². The molecule has 13 heteroatoms. The van der Waals surface area contributed by atoms with Gasteiger partial charge in [-0.15, -0.1) is 11.8 Å². The lowest BCUT2D eigenvalue weighted by Crippen LogP contribution is -2.47. The summed E-state index contributed by atoms with van der Waals surface area (Å²) in [5, 5.41) is 0.